The number of nitrogens with one attached hydrogen (secondary N) is 1. The summed E-state index contributed by atoms with van der Waals surface area (Å²) in [5, 5.41) is 2.98. The molecule has 2 aromatic carbocycles. The van der Waals surface area contributed by atoms with Crippen molar-refractivity contribution in [3.05, 3.63) is 64.2 Å². The number of carbonyl (C=O) groups is 1. The molecule has 0 aliphatic carbocycles. The molecule has 0 fully saturated rings. The van der Waals surface area contributed by atoms with Crippen molar-refractivity contribution in [3.63, 3.8) is 0 Å². The maximum absolute atomic E-state index is 13.0. The van der Waals surface area contributed by atoms with Crippen molar-refractivity contribution in [1.82, 2.24) is 5.32 Å². The van der Waals surface area contributed by atoms with Gasteiger partial charge in [0.15, 0.2) is 0 Å². The van der Waals surface area contributed by atoms with Crippen LogP contribution in [0, 0.1) is 27.7 Å². The van der Waals surface area contributed by atoms with Gasteiger partial charge in [0.25, 0.3) is 0 Å². The molecule has 0 saturated carbocycles. The van der Waals surface area contributed by atoms with Crippen molar-refractivity contribution in [1.29, 1.82) is 0 Å². The van der Waals surface area contributed by atoms with Crippen molar-refractivity contribution < 1.29 is 13.2 Å². The Morgan fingerprint density at radius 1 is 0.929 bits per heavy atom. The lowest BCUT2D eigenvalue weighted by Crippen LogP contribution is -2.48. The van der Waals surface area contributed by atoms with Gasteiger partial charge in [-0.3, -0.25) is 9.10 Å². The summed E-state index contributed by atoms with van der Waals surface area (Å²) < 4.78 is 26.3. The SMILES string of the molecule is Cc1ccc(C)c([C@@H](C)NC(=O)[C@@H](C)N(c2cc(C)ccc2C)S(C)(=O)=O)c1. The average Bonchev–Trinajstić information content (AvgIpc) is 2.58. The van der Waals surface area contributed by atoms with Gasteiger partial charge in [-0.2, -0.15) is 0 Å². The molecule has 0 spiro atoms. The molecule has 5 nitrogen and oxygen atoms in total. The van der Waals surface area contributed by atoms with Crippen molar-refractivity contribution in [2.24, 2.45) is 0 Å². The van der Waals surface area contributed by atoms with Gasteiger partial charge in [-0.15, -0.1) is 0 Å². The second-order valence-corrected chi connectivity index (χ2v) is 9.47. The normalized spacial score (nSPS) is 13.7. The summed E-state index contributed by atoms with van der Waals surface area (Å²) in [6.45, 7) is 11.3. The van der Waals surface area contributed by atoms with E-state index in [-0.39, 0.29) is 11.9 Å². The van der Waals surface area contributed by atoms with Gasteiger partial charge >= 0.3 is 0 Å². The lowest BCUT2D eigenvalue weighted by molar-refractivity contribution is -0.122. The third kappa shape index (κ3) is 4.93. The predicted octanol–water partition coefficient (Wildman–Crippen LogP) is 3.95. The van der Waals surface area contributed by atoms with Crippen molar-refractivity contribution in [2.75, 3.05) is 10.6 Å². The quantitative estimate of drug-likeness (QED) is 0.795. The summed E-state index contributed by atoms with van der Waals surface area (Å²) in [6, 6.07) is 10.6. The molecule has 2 aromatic rings. The molecule has 1 N–H and O–H groups in total. The summed E-state index contributed by atoms with van der Waals surface area (Å²) in [5.74, 6) is -0.334. The molecule has 0 radical (unpaired) electrons. The summed E-state index contributed by atoms with van der Waals surface area (Å²) in [6.07, 6.45) is 1.13. The number of aryl methyl sites for hydroxylation is 4. The molecule has 0 aromatic heterocycles. The van der Waals surface area contributed by atoms with Crippen LogP contribution in [0.2, 0.25) is 0 Å². The Kier molecular flexibility index (Phi) is 6.55. The first-order valence-corrected chi connectivity index (χ1v) is 11.2. The zero-order chi connectivity index (χ0) is 21.2. The number of hydrogen-bond donors (Lipinski definition) is 1. The number of carbonyl (C=O) groups excluding carboxylic acids is 1. The second-order valence-electron chi connectivity index (χ2n) is 7.62. The van der Waals surface area contributed by atoms with E-state index in [2.05, 4.69) is 5.32 Å². The van der Waals surface area contributed by atoms with Crippen molar-refractivity contribution in [3.8, 4) is 0 Å². The fourth-order valence-corrected chi connectivity index (χ4v) is 4.60. The fraction of sp³-hybridized carbons (Fsp3) is 0.409. The molecule has 2 atom stereocenters. The minimum Gasteiger partial charge on any atom is -0.348 e. The zero-order valence-corrected chi connectivity index (χ0v) is 18.5. The van der Waals surface area contributed by atoms with Crippen molar-refractivity contribution in [2.45, 2.75) is 53.6 Å². The standard InChI is InChI=1S/C22H30N2O3S/c1-14-8-10-16(3)20(12-14)18(5)23-22(25)19(6)24(28(7,26)27)21-13-15(2)9-11-17(21)4/h8-13,18-19H,1-7H3,(H,23,25)/t18-,19-/m1/s1. The molecule has 0 heterocycles. The first-order chi connectivity index (χ1) is 12.9. The van der Waals surface area contributed by atoms with Crippen LogP contribution in [0.1, 0.15) is 47.7 Å². The minimum atomic E-state index is -3.64. The second kappa shape index (κ2) is 8.35. The van der Waals surface area contributed by atoms with E-state index in [4.69, 9.17) is 0 Å². The fourth-order valence-electron chi connectivity index (χ4n) is 3.38. The van der Waals surface area contributed by atoms with E-state index in [0.29, 0.717) is 5.69 Å². The molecule has 0 aliphatic rings. The molecule has 1 amide bonds. The van der Waals surface area contributed by atoms with E-state index in [1.165, 1.54) is 4.31 Å². The highest BCUT2D eigenvalue weighted by Gasteiger charge is 2.31. The van der Waals surface area contributed by atoms with Crippen LogP contribution < -0.4 is 9.62 Å². The maximum Gasteiger partial charge on any atom is 0.244 e. The predicted molar refractivity (Wildman–Crippen MR) is 115 cm³/mol. The number of anilines is 1. The Hall–Kier alpha value is -2.34. The molecule has 152 valence electrons. The van der Waals surface area contributed by atoms with Crippen LogP contribution in [0.4, 0.5) is 5.69 Å². The molecule has 2 rings (SSSR count). The Bertz CT molecular complexity index is 983. The molecular formula is C22H30N2O3S. The molecule has 0 aliphatic heterocycles. The smallest absolute Gasteiger partial charge is 0.244 e. The Morgan fingerprint density at radius 3 is 2.04 bits per heavy atom. The average molecular weight is 403 g/mol. The summed E-state index contributed by atoms with van der Waals surface area (Å²) >= 11 is 0. The maximum atomic E-state index is 13.0. The molecule has 0 unspecified atom stereocenters. The number of hydrogen-bond acceptors (Lipinski definition) is 3. The number of amides is 1. The topological polar surface area (TPSA) is 66.5 Å². The van der Waals surface area contributed by atoms with Gasteiger partial charge in [-0.25, -0.2) is 8.42 Å². The first kappa shape index (κ1) is 22.0. The highest BCUT2D eigenvalue weighted by molar-refractivity contribution is 7.92. The number of sulfonamides is 1. The number of rotatable bonds is 6. The van der Waals surface area contributed by atoms with Gasteiger partial charge in [0.1, 0.15) is 6.04 Å². The van der Waals surface area contributed by atoms with Crippen LogP contribution in [0.5, 0.6) is 0 Å². The molecule has 28 heavy (non-hydrogen) atoms. The Balaban J connectivity index is 2.34. The van der Waals surface area contributed by atoms with E-state index >= 15 is 0 Å². The van der Waals surface area contributed by atoms with Crippen LogP contribution >= 0.6 is 0 Å². The zero-order valence-electron chi connectivity index (χ0n) is 17.7. The third-order valence-electron chi connectivity index (χ3n) is 4.95. The van der Waals surface area contributed by atoms with Crippen LogP contribution in [-0.4, -0.2) is 26.6 Å². The largest absolute Gasteiger partial charge is 0.348 e. The van der Waals surface area contributed by atoms with Gasteiger partial charge in [0.2, 0.25) is 15.9 Å². The van der Waals surface area contributed by atoms with Gasteiger partial charge in [0.05, 0.1) is 18.0 Å². The van der Waals surface area contributed by atoms with Crippen molar-refractivity contribution >= 4 is 21.6 Å². The van der Waals surface area contributed by atoms with Gasteiger partial charge in [0, 0.05) is 0 Å². The van der Waals surface area contributed by atoms with Crippen LogP contribution in [-0.2, 0) is 14.8 Å². The van der Waals surface area contributed by atoms with Crippen LogP contribution in [0.15, 0.2) is 36.4 Å². The highest BCUT2D eigenvalue weighted by Crippen LogP contribution is 2.27. The summed E-state index contributed by atoms with van der Waals surface area (Å²) in [4.78, 5) is 13.0. The van der Waals surface area contributed by atoms with E-state index in [0.717, 1.165) is 34.1 Å². The monoisotopic (exact) mass is 402 g/mol. The van der Waals surface area contributed by atoms with Crippen LogP contribution in [0.25, 0.3) is 0 Å². The third-order valence-corrected chi connectivity index (χ3v) is 6.18. The Morgan fingerprint density at radius 2 is 1.46 bits per heavy atom. The lowest BCUT2D eigenvalue weighted by Gasteiger charge is -2.31. The van der Waals surface area contributed by atoms with E-state index < -0.39 is 16.1 Å². The van der Waals surface area contributed by atoms with E-state index in [1.54, 1.807) is 13.0 Å². The summed E-state index contributed by atoms with van der Waals surface area (Å²) in [5.41, 5.74) is 5.50. The molecular weight excluding hydrogens is 372 g/mol. The van der Waals surface area contributed by atoms with Gasteiger partial charge < -0.3 is 5.32 Å². The highest BCUT2D eigenvalue weighted by atomic mass is 32.2. The summed E-state index contributed by atoms with van der Waals surface area (Å²) in [7, 11) is -3.64. The molecule has 0 saturated heterocycles. The van der Waals surface area contributed by atoms with E-state index in [9.17, 15) is 13.2 Å². The minimum absolute atomic E-state index is 0.227. The Labute approximate surface area is 168 Å². The van der Waals surface area contributed by atoms with Gasteiger partial charge in [-0.05, 0) is 69.9 Å². The van der Waals surface area contributed by atoms with Crippen LogP contribution in [0.3, 0.4) is 0 Å². The van der Waals surface area contributed by atoms with E-state index in [1.807, 2.05) is 65.0 Å². The molecule has 0 bridgehead atoms. The number of benzene rings is 2. The lowest BCUT2D eigenvalue weighted by atomic mass is 10.00. The first-order valence-electron chi connectivity index (χ1n) is 9.36. The molecule has 6 heteroatoms. The van der Waals surface area contributed by atoms with Gasteiger partial charge in [-0.1, -0.05) is 35.9 Å². The number of nitrogens with zero attached hydrogens (tertiary/aromatic N) is 1.